The number of hydrogen-bond donors (Lipinski definition) is 0. The average Bonchev–Trinajstić information content (AvgIpc) is 3.25. The van der Waals surface area contributed by atoms with Gasteiger partial charge < -0.3 is 9.47 Å². The van der Waals surface area contributed by atoms with Gasteiger partial charge in [0.1, 0.15) is 22.9 Å². The first-order chi connectivity index (χ1) is 29.2. The van der Waals surface area contributed by atoms with Gasteiger partial charge in [-0.2, -0.15) is 0 Å². The number of hydrogen-bond acceptors (Lipinski definition) is 3. The Bertz CT molecular complexity index is 2140. The Hall–Kier alpha value is -6.13. The van der Waals surface area contributed by atoms with Gasteiger partial charge in [0.2, 0.25) is 0 Å². The fourth-order valence-corrected chi connectivity index (χ4v) is 6.47. The molecule has 5 rings (SSSR count). The maximum Gasteiger partial charge on any atom is 0.119 e. The molecule has 3 nitrogen and oxygen atoms in total. The fraction of sp³-hybridized carbons (Fsp3) is 0.351. The van der Waals surface area contributed by atoms with Crippen molar-refractivity contribution in [3.05, 3.63) is 160 Å². The topological polar surface area (TPSA) is 31.4 Å². The Balaban J connectivity index is 1.06. The van der Waals surface area contributed by atoms with Crippen LogP contribution in [0.4, 0.5) is 0 Å². The second-order valence-corrected chi connectivity index (χ2v) is 16.7. The van der Waals surface area contributed by atoms with E-state index >= 15 is 0 Å². The summed E-state index contributed by atoms with van der Waals surface area (Å²) in [4.78, 5) is 4.65. The number of aromatic nitrogens is 1. The minimum Gasteiger partial charge on any atom is -0.494 e. The summed E-state index contributed by atoms with van der Waals surface area (Å²) in [6, 6.07) is 37.7. The van der Waals surface area contributed by atoms with Gasteiger partial charge in [-0.15, -0.1) is 0 Å². The second kappa shape index (κ2) is 24.7. The van der Waals surface area contributed by atoms with Gasteiger partial charge in [-0.1, -0.05) is 122 Å². The summed E-state index contributed by atoms with van der Waals surface area (Å²) in [5, 5.41) is 0. The molecule has 0 bridgehead atoms. The molecule has 0 fully saturated rings. The van der Waals surface area contributed by atoms with Crippen molar-refractivity contribution in [2.24, 2.45) is 23.7 Å². The molecular weight excluding hydrogens is 731 g/mol. The zero-order valence-electron chi connectivity index (χ0n) is 36.6. The fourth-order valence-electron chi connectivity index (χ4n) is 6.47. The van der Waals surface area contributed by atoms with Crippen LogP contribution in [0.1, 0.15) is 138 Å². The molecule has 5 aromatic rings. The molecule has 3 heteroatoms. The highest BCUT2D eigenvalue weighted by molar-refractivity contribution is 5.50. The summed E-state index contributed by atoms with van der Waals surface area (Å²) < 4.78 is 12.0. The summed E-state index contributed by atoms with van der Waals surface area (Å²) in [5.74, 6) is 30.5. The van der Waals surface area contributed by atoms with Gasteiger partial charge in [0.05, 0.1) is 13.2 Å². The van der Waals surface area contributed by atoms with Crippen molar-refractivity contribution in [2.45, 2.75) is 92.9 Å². The predicted octanol–water partition coefficient (Wildman–Crippen LogP) is 13.1. The van der Waals surface area contributed by atoms with Crippen molar-refractivity contribution >= 4 is 0 Å². The molecule has 306 valence electrons. The molecule has 0 amide bonds. The Morgan fingerprint density at radius 2 is 0.667 bits per heavy atom. The van der Waals surface area contributed by atoms with Crippen LogP contribution >= 0.6 is 0 Å². The lowest BCUT2D eigenvalue weighted by Crippen LogP contribution is -2.04. The Morgan fingerprint density at radius 1 is 0.367 bits per heavy atom. The quantitative estimate of drug-likeness (QED) is 0.0933. The highest BCUT2D eigenvalue weighted by Gasteiger charge is 2.06. The van der Waals surface area contributed by atoms with E-state index in [4.69, 9.17) is 9.47 Å². The van der Waals surface area contributed by atoms with E-state index in [1.54, 1.807) is 0 Å². The first-order valence-corrected chi connectivity index (χ1v) is 21.9. The van der Waals surface area contributed by atoms with Crippen LogP contribution in [0.5, 0.6) is 11.5 Å². The van der Waals surface area contributed by atoms with Gasteiger partial charge >= 0.3 is 0 Å². The maximum absolute atomic E-state index is 5.99. The first kappa shape index (κ1) is 45.0. The molecule has 0 aliphatic rings. The second-order valence-electron chi connectivity index (χ2n) is 16.7. The Kier molecular flexibility index (Phi) is 18.5. The van der Waals surface area contributed by atoms with E-state index in [1.165, 1.54) is 38.5 Å². The van der Waals surface area contributed by atoms with E-state index < -0.39 is 0 Å². The molecular formula is C57H61NO2. The first-order valence-electron chi connectivity index (χ1n) is 21.9. The molecule has 0 saturated carbocycles. The van der Waals surface area contributed by atoms with Crippen LogP contribution in [0.15, 0.2) is 115 Å². The van der Waals surface area contributed by atoms with Crippen LogP contribution in [0, 0.1) is 71.0 Å². The molecule has 60 heavy (non-hydrogen) atoms. The molecule has 1 heterocycles. The van der Waals surface area contributed by atoms with Crippen LogP contribution in [0.3, 0.4) is 0 Å². The van der Waals surface area contributed by atoms with Crippen LogP contribution in [-0.4, -0.2) is 18.2 Å². The molecule has 4 aromatic carbocycles. The van der Waals surface area contributed by atoms with Gasteiger partial charge in [-0.25, -0.2) is 4.98 Å². The van der Waals surface area contributed by atoms with Gasteiger partial charge in [0.15, 0.2) is 0 Å². The number of ether oxygens (including phenoxy) is 2. The molecule has 0 N–H and O–H groups in total. The standard InChI is InChI=1S/C57H61NO2/c1-44(2)10-7-12-46(5)40-42-59-56-36-30-52(31-37-56)26-20-48-16-22-50(23-17-48)28-34-54-14-9-15-55(58-54)35-29-51-24-18-49(19-25-51)21-27-53-32-38-57(39-33-53)60-43-41-47(6)13-8-11-45(3)4/h9,14-19,22-25,30-33,36-39,44-47H,7-8,10-13,40-43H2,1-6H3. The third kappa shape index (κ3) is 17.4. The van der Waals surface area contributed by atoms with Crippen molar-refractivity contribution in [3.8, 4) is 58.9 Å². The maximum atomic E-state index is 5.99. The van der Waals surface area contributed by atoms with E-state index in [2.05, 4.69) is 93.9 Å². The average molecular weight is 792 g/mol. The molecule has 2 atom stereocenters. The minimum absolute atomic E-state index is 0.668. The molecule has 0 aliphatic heterocycles. The van der Waals surface area contributed by atoms with Crippen LogP contribution in [0.2, 0.25) is 0 Å². The van der Waals surface area contributed by atoms with E-state index in [1.807, 2.05) is 115 Å². The zero-order valence-corrected chi connectivity index (χ0v) is 36.6. The summed E-state index contributed by atoms with van der Waals surface area (Å²) in [5.41, 5.74) is 6.90. The SMILES string of the molecule is CC(C)CCCC(C)CCOc1ccc(C#Cc2ccc(C#Cc3cccc(C#Cc4ccc(C#Cc5ccc(OCCC(C)CCCC(C)C)cc5)cc4)n3)cc2)cc1. The third-order valence-corrected chi connectivity index (χ3v) is 10.3. The van der Waals surface area contributed by atoms with Crippen LogP contribution in [-0.2, 0) is 0 Å². The highest BCUT2D eigenvalue weighted by atomic mass is 16.5. The number of benzene rings is 4. The Morgan fingerprint density at radius 3 is 0.983 bits per heavy atom. The van der Waals surface area contributed by atoms with Crippen LogP contribution < -0.4 is 9.47 Å². The van der Waals surface area contributed by atoms with Gasteiger partial charge in [0, 0.05) is 33.4 Å². The Labute approximate surface area is 361 Å². The van der Waals surface area contributed by atoms with Crippen molar-refractivity contribution in [1.82, 2.24) is 4.98 Å². The third-order valence-electron chi connectivity index (χ3n) is 10.3. The lowest BCUT2D eigenvalue weighted by Gasteiger charge is -2.13. The normalized spacial score (nSPS) is 11.5. The predicted molar refractivity (Wildman–Crippen MR) is 250 cm³/mol. The van der Waals surface area contributed by atoms with Crippen LogP contribution in [0.25, 0.3) is 0 Å². The van der Waals surface area contributed by atoms with Crippen molar-refractivity contribution < 1.29 is 9.47 Å². The largest absolute Gasteiger partial charge is 0.494 e. The molecule has 0 aliphatic carbocycles. The molecule has 2 unspecified atom stereocenters. The zero-order chi connectivity index (χ0) is 42.4. The number of rotatable bonds is 16. The highest BCUT2D eigenvalue weighted by Crippen LogP contribution is 2.19. The minimum atomic E-state index is 0.668. The van der Waals surface area contributed by atoms with E-state index in [9.17, 15) is 0 Å². The van der Waals surface area contributed by atoms with Gasteiger partial charge in [-0.05, 0) is 158 Å². The molecule has 0 saturated heterocycles. The number of nitrogens with zero attached hydrogens (tertiary/aromatic N) is 1. The lowest BCUT2D eigenvalue weighted by molar-refractivity contribution is 0.275. The number of pyridine rings is 1. The monoisotopic (exact) mass is 791 g/mol. The van der Waals surface area contributed by atoms with E-state index in [-0.39, 0.29) is 0 Å². The molecule has 1 aromatic heterocycles. The van der Waals surface area contributed by atoms with Gasteiger partial charge in [0.25, 0.3) is 0 Å². The summed E-state index contributed by atoms with van der Waals surface area (Å²) in [6.45, 7) is 15.3. The van der Waals surface area contributed by atoms with E-state index in [0.29, 0.717) is 23.2 Å². The summed E-state index contributed by atoms with van der Waals surface area (Å²) in [6.07, 6.45) is 9.91. The van der Waals surface area contributed by atoms with E-state index in [0.717, 1.165) is 82.8 Å². The summed E-state index contributed by atoms with van der Waals surface area (Å²) in [7, 11) is 0. The lowest BCUT2D eigenvalue weighted by atomic mass is 9.98. The summed E-state index contributed by atoms with van der Waals surface area (Å²) >= 11 is 0. The molecule has 0 radical (unpaired) electrons. The molecule has 0 spiro atoms. The van der Waals surface area contributed by atoms with Crippen molar-refractivity contribution in [1.29, 1.82) is 0 Å². The smallest absolute Gasteiger partial charge is 0.119 e. The van der Waals surface area contributed by atoms with Gasteiger partial charge in [-0.3, -0.25) is 0 Å². The van der Waals surface area contributed by atoms with Crippen molar-refractivity contribution in [3.63, 3.8) is 0 Å². The van der Waals surface area contributed by atoms with Crippen molar-refractivity contribution in [2.75, 3.05) is 13.2 Å².